The standard InChI is InChI=1S/C19H25BN4O4.C15H20ClNO4/c1-13(2)10-17(20(27)28)24-18(25)15(11-14-6-4-3-5-7-14)23-19(26)16-12-21-8-9-22-16;1-14-10(7-8-16)12(19)17-15(14,13(20)21-14)11(18)9-5-3-2-4-6-9/h3-9,12-13,15,17,27-28H,10-11H2,1-2H3,(H,23,26)(H,24,25);3,5,9-11,18H,2,4,6-8H2,1H3,(H,17,19)/t15-,17-;9-,10+,11+,14+,15+/m01/s1. The van der Waals surface area contributed by atoms with E-state index < -0.39 is 60.0 Å². The van der Waals surface area contributed by atoms with Gasteiger partial charge in [-0.3, -0.25) is 19.4 Å². The molecule has 2 aliphatic heterocycles. The first-order valence-electron chi connectivity index (χ1n) is 16.6. The zero-order valence-corrected chi connectivity index (χ0v) is 28.7. The summed E-state index contributed by atoms with van der Waals surface area (Å²) in [5.74, 6) is -2.86. The number of esters is 1. The van der Waals surface area contributed by atoms with Crippen molar-refractivity contribution in [3.05, 3.63) is 72.3 Å². The highest BCUT2D eigenvalue weighted by Gasteiger charge is 2.79. The first kappa shape index (κ1) is 38.0. The molecule has 2 fully saturated rings. The highest BCUT2D eigenvalue weighted by Crippen LogP contribution is 2.53. The molecule has 5 rings (SSSR count). The van der Waals surface area contributed by atoms with E-state index >= 15 is 0 Å². The lowest BCUT2D eigenvalue weighted by atomic mass is 9.64. The molecule has 6 N–H and O–H groups in total. The Labute approximate surface area is 291 Å². The lowest BCUT2D eigenvalue weighted by Gasteiger charge is -2.54. The molecule has 0 radical (unpaired) electrons. The lowest BCUT2D eigenvalue weighted by molar-refractivity contribution is -0.238. The summed E-state index contributed by atoms with van der Waals surface area (Å²) in [5, 5.41) is 38.0. The number of allylic oxidation sites excluding steroid dienone is 1. The first-order valence-corrected chi connectivity index (χ1v) is 17.1. The van der Waals surface area contributed by atoms with Gasteiger partial charge >= 0.3 is 13.1 Å². The Hall–Kier alpha value is -3.85. The monoisotopic (exact) mass is 697 g/mol. The molecule has 3 aliphatic rings. The van der Waals surface area contributed by atoms with Gasteiger partial charge in [-0.05, 0) is 50.5 Å². The number of carbonyl (C=O) groups excluding carboxylic acids is 4. The maximum Gasteiger partial charge on any atom is 0.475 e. The molecule has 0 saturated carbocycles. The van der Waals surface area contributed by atoms with E-state index in [0.717, 1.165) is 24.8 Å². The fourth-order valence-electron chi connectivity index (χ4n) is 6.74. The van der Waals surface area contributed by atoms with Crippen LogP contribution in [0.1, 0.15) is 68.9 Å². The normalized spacial score (nSPS) is 25.7. The largest absolute Gasteiger partial charge is 0.475 e. The van der Waals surface area contributed by atoms with Gasteiger partial charge in [0.15, 0.2) is 5.60 Å². The second-order valence-electron chi connectivity index (χ2n) is 13.3. The van der Waals surface area contributed by atoms with E-state index in [4.69, 9.17) is 16.3 Å². The second kappa shape index (κ2) is 16.7. The summed E-state index contributed by atoms with van der Waals surface area (Å²) in [6.45, 7) is 5.55. The van der Waals surface area contributed by atoms with E-state index in [2.05, 4.69) is 25.9 Å². The van der Waals surface area contributed by atoms with Gasteiger partial charge in [0.1, 0.15) is 11.7 Å². The van der Waals surface area contributed by atoms with Crippen molar-refractivity contribution in [3.8, 4) is 0 Å². The predicted octanol–water partition coefficient (Wildman–Crippen LogP) is 1.49. The summed E-state index contributed by atoms with van der Waals surface area (Å²) in [4.78, 5) is 57.5. The highest BCUT2D eigenvalue weighted by atomic mass is 35.5. The molecule has 13 nitrogen and oxygen atoms in total. The number of aliphatic hydroxyl groups excluding tert-OH is 1. The molecule has 15 heteroatoms. The topological polar surface area (TPSA) is 200 Å². The fraction of sp³-hybridized carbons (Fsp3) is 0.529. The molecule has 49 heavy (non-hydrogen) atoms. The number of ether oxygens (including phenoxy) is 1. The van der Waals surface area contributed by atoms with Crippen LogP contribution in [-0.2, 0) is 25.5 Å². The number of nitrogens with zero attached hydrogens (tertiary/aromatic N) is 2. The molecule has 0 spiro atoms. The van der Waals surface area contributed by atoms with Gasteiger partial charge in [0.05, 0.1) is 24.2 Å². The summed E-state index contributed by atoms with van der Waals surface area (Å²) < 4.78 is 5.34. The number of fused-ring (bicyclic) bond motifs is 1. The number of aliphatic hydroxyl groups is 1. The highest BCUT2D eigenvalue weighted by molar-refractivity contribution is 6.43. The summed E-state index contributed by atoms with van der Waals surface area (Å²) in [5.41, 5.74) is -1.39. The van der Waals surface area contributed by atoms with Gasteiger partial charge in [-0.2, -0.15) is 0 Å². The minimum absolute atomic E-state index is 0.0919. The zero-order valence-electron chi connectivity index (χ0n) is 27.9. The smallest absolute Gasteiger partial charge is 0.453 e. The number of aromatic nitrogens is 2. The van der Waals surface area contributed by atoms with E-state index in [0.29, 0.717) is 18.7 Å². The molecule has 1 aromatic heterocycles. The molecule has 1 aromatic carbocycles. The van der Waals surface area contributed by atoms with Crippen molar-refractivity contribution in [2.45, 2.75) is 88.5 Å². The minimum Gasteiger partial charge on any atom is -0.453 e. The van der Waals surface area contributed by atoms with Crippen molar-refractivity contribution < 1.29 is 39.1 Å². The zero-order chi connectivity index (χ0) is 35.8. The Balaban J connectivity index is 0.000000229. The van der Waals surface area contributed by atoms with Crippen LogP contribution in [0.4, 0.5) is 0 Å². The number of hydrogen-bond acceptors (Lipinski definition) is 10. The number of halogens is 1. The van der Waals surface area contributed by atoms with Crippen molar-refractivity contribution in [1.29, 1.82) is 0 Å². The number of alkyl halides is 1. The third kappa shape index (κ3) is 8.49. The number of carbonyl (C=O) groups is 4. The Morgan fingerprint density at radius 3 is 2.47 bits per heavy atom. The number of benzene rings is 1. The van der Waals surface area contributed by atoms with Crippen molar-refractivity contribution in [3.63, 3.8) is 0 Å². The third-order valence-electron chi connectivity index (χ3n) is 9.36. The van der Waals surface area contributed by atoms with Gasteiger partial charge in [0.2, 0.25) is 17.4 Å². The van der Waals surface area contributed by atoms with Crippen LogP contribution in [0, 0.1) is 17.8 Å². The minimum atomic E-state index is -1.69. The maximum absolute atomic E-state index is 12.8. The van der Waals surface area contributed by atoms with Crippen molar-refractivity contribution in [2.75, 3.05) is 5.88 Å². The van der Waals surface area contributed by atoms with E-state index in [9.17, 15) is 34.3 Å². The number of hydrogen-bond donors (Lipinski definition) is 6. The fourth-order valence-corrected chi connectivity index (χ4v) is 6.96. The second-order valence-corrected chi connectivity index (χ2v) is 13.6. The molecule has 3 heterocycles. The van der Waals surface area contributed by atoms with Crippen molar-refractivity contribution >= 4 is 42.4 Å². The van der Waals surface area contributed by atoms with Gasteiger partial charge < -0.3 is 35.8 Å². The first-order chi connectivity index (χ1) is 23.3. The molecular formula is C34H45BClN5O8. The van der Waals surface area contributed by atoms with Crippen LogP contribution in [0.2, 0.25) is 0 Å². The van der Waals surface area contributed by atoms with E-state index in [-0.39, 0.29) is 29.9 Å². The van der Waals surface area contributed by atoms with E-state index in [1.165, 1.54) is 18.6 Å². The predicted molar refractivity (Wildman–Crippen MR) is 182 cm³/mol. The molecule has 7 atom stereocenters. The third-order valence-corrected chi connectivity index (χ3v) is 9.58. The SMILES string of the molecule is CC(C)C[C@H](NC(=O)[C@H](Cc1ccccc1)NC(=O)c1cnccn1)B(O)O.C[C@@]12OC(=O)[C@]1([C@@H](O)[C@@H]1C=CCCC1)NC(=O)[C@@H]2CCCl. The molecule has 0 bridgehead atoms. The Morgan fingerprint density at radius 1 is 1.16 bits per heavy atom. The van der Waals surface area contributed by atoms with E-state index in [1.807, 2.05) is 56.3 Å². The lowest BCUT2D eigenvalue weighted by Crippen LogP contribution is -2.80. The van der Waals surface area contributed by atoms with Gasteiger partial charge in [-0.25, -0.2) is 9.78 Å². The van der Waals surface area contributed by atoms with Gasteiger partial charge in [0.25, 0.3) is 5.91 Å². The summed E-state index contributed by atoms with van der Waals surface area (Å²) in [6, 6.07) is 8.33. The van der Waals surface area contributed by atoms with Crippen LogP contribution < -0.4 is 16.0 Å². The van der Waals surface area contributed by atoms with Gasteiger partial charge in [-0.1, -0.05) is 56.3 Å². The van der Waals surface area contributed by atoms with Crippen LogP contribution in [0.5, 0.6) is 0 Å². The van der Waals surface area contributed by atoms with Crippen LogP contribution in [0.25, 0.3) is 0 Å². The number of nitrogens with one attached hydrogen (secondary N) is 3. The Morgan fingerprint density at radius 2 is 1.90 bits per heavy atom. The van der Waals surface area contributed by atoms with Crippen LogP contribution >= 0.6 is 11.6 Å². The molecular weight excluding hydrogens is 653 g/mol. The summed E-state index contributed by atoms with van der Waals surface area (Å²) in [6.07, 6.45) is 11.0. The summed E-state index contributed by atoms with van der Waals surface area (Å²) >= 11 is 5.76. The van der Waals surface area contributed by atoms with E-state index in [1.54, 1.807) is 6.92 Å². The van der Waals surface area contributed by atoms with Crippen LogP contribution in [-0.4, -0.2) is 91.0 Å². The molecule has 2 aromatic rings. The van der Waals surface area contributed by atoms with Crippen molar-refractivity contribution in [2.24, 2.45) is 17.8 Å². The van der Waals surface area contributed by atoms with Gasteiger partial charge in [0, 0.05) is 30.6 Å². The molecule has 3 amide bonds. The average molecular weight is 698 g/mol. The Kier molecular flexibility index (Phi) is 12.9. The Bertz CT molecular complexity index is 1490. The average Bonchev–Trinajstić information content (AvgIpc) is 3.26. The van der Waals surface area contributed by atoms with Crippen LogP contribution in [0.15, 0.2) is 61.1 Å². The number of amides is 3. The van der Waals surface area contributed by atoms with Gasteiger partial charge in [-0.15, -0.1) is 11.6 Å². The molecule has 1 aliphatic carbocycles. The maximum atomic E-state index is 12.8. The molecule has 2 saturated heterocycles. The number of rotatable bonds is 13. The molecule has 264 valence electrons. The summed E-state index contributed by atoms with van der Waals surface area (Å²) in [7, 11) is -1.69. The quantitative estimate of drug-likeness (QED) is 0.0771. The molecule has 0 unspecified atom stereocenters. The van der Waals surface area contributed by atoms with Crippen molar-refractivity contribution in [1.82, 2.24) is 25.9 Å². The van der Waals surface area contributed by atoms with Crippen LogP contribution in [0.3, 0.4) is 0 Å².